The van der Waals surface area contributed by atoms with E-state index in [2.05, 4.69) is 24.9 Å². The minimum Gasteiger partial charge on any atom is -0.497 e. The first kappa shape index (κ1) is 19.3. The maximum atomic E-state index is 12.2. The Morgan fingerprint density at radius 2 is 1.71 bits per heavy atom. The molecule has 1 aliphatic carbocycles. The van der Waals surface area contributed by atoms with Gasteiger partial charge in [0.1, 0.15) is 5.75 Å². The van der Waals surface area contributed by atoms with E-state index in [0.717, 1.165) is 22.5 Å². The molecule has 2 aromatic carbocycles. The number of anilines is 4. The SMILES string of the molecule is COc1ccc(N(c2ccc(NS(=O)(=O)C3CC3)cc2)c2ncc3cn[nH]c3n2)cc1. The summed E-state index contributed by atoms with van der Waals surface area (Å²) in [6, 6.07) is 14.7. The van der Waals surface area contributed by atoms with Crippen LogP contribution in [0, 0.1) is 0 Å². The Labute approximate surface area is 179 Å². The summed E-state index contributed by atoms with van der Waals surface area (Å²) in [7, 11) is -1.70. The minimum absolute atomic E-state index is 0.280. The van der Waals surface area contributed by atoms with Crippen molar-refractivity contribution in [3.05, 3.63) is 60.9 Å². The summed E-state index contributed by atoms with van der Waals surface area (Å²) in [6.07, 6.45) is 4.80. The second-order valence-corrected chi connectivity index (χ2v) is 9.23. The van der Waals surface area contributed by atoms with Crippen molar-refractivity contribution in [3.8, 4) is 5.75 Å². The summed E-state index contributed by atoms with van der Waals surface area (Å²) in [4.78, 5) is 11.0. The number of aromatic nitrogens is 4. The number of aromatic amines is 1. The molecule has 0 radical (unpaired) electrons. The fraction of sp³-hybridized carbons (Fsp3) is 0.190. The van der Waals surface area contributed by atoms with Crippen molar-refractivity contribution >= 4 is 44.1 Å². The topological polar surface area (TPSA) is 113 Å². The number of fused-ring (bicyclic) bond motifs is 1. The van der Waals surface area contributed by atoms with Gasteiger partial charge in [-0.1, -0.05) is 0 Å². The molecule has 1 fully saturated rings. The molecule has 10 heteroatoms. The third-order valence-electron chi connectivity index (χ3n) is 5.06. The largest absolute Gasteiger partial charge is 0.497 e. The minimum atomic E-state index is -3.32. The molecule has 158 valence electrons. The van der Waals surface area contributed by atoms with Gasteiger partial charge in [0.15, 0.2) is 5.65 Å². The highest BCUT2D eigenvalue weighted by atomic mass is 32.2. The summed E-state index contributed by atoms with van der Waals surface area (Å²) in [5.74, 6) is 1.19. The second-order valence-electron chi connectivity index (χ2n) is 7.27. The van der Waals surface area contributed by atoms with E-state index in [9.17, 15) is 8.42 Å². The molecule has 2 aromatic heterocycles. The van der Waals surface area contributed by atoms with Gasteiger partial charge in [0.25, 0.3) is 0 Å². The molecule has 0 amide bonds. The van der Waals surface area contributed by atoms with Crippen molar-refractivity contribution in [3.63, 3.8) is 0 Å². The Hall–Kier alpha value is -3.66. The van der Waals surface area contributed by atoms with Crippen LogP contribution in [-0.4, -0.2) is 40.9 Å². The number of nitrogens with zero attached hydrogens (tertiary/aromatic N) is 4. The molecule has 9 nitrogen and oxygen atoms in total. The van der Waals surface area contributed by atoms with Crippen molar-refractivity contribution in [2.45, 2.75) is 18.1 Å². The molecule has 1 aliphatic rings. The second kappa shape index (κ2) is 7.55. The summed E-state index contributed by atoms with van der Waals surface area (Å²) in [5.41, 5.74) is 2.75. The lowest BCUT2D eigenvalue weighted by Gasteiger charge is -2.23. The van der Waals surface area contributed by atoms with Gasteiger partial charge in [-0.3, -0.25) is 14.7 Å². The quantitative estimate of drug-likeness (QED) is 0.454. The molecule has 1 saturated carbocycles. The van der Waals surface area contributed by atoms with Crippen LogP contribution in [0.3, 0.4) is 0 Å². The van der Waals surface area contributed by atoms with Crippen LogP contribution in [0.4, 0.5) is 23.0 Å². The zero-order valence-corrected chi connectivity index (χ0v) is 17.5. The molecule has 0 aliphatic heterocycles. The van der Waals surface area contributed by atoms with Crippen molar-refractivity contribution in [1.29, 1.82) is 0 Å². The Morgan fingerprint density at radius 3 is 2.35 bits per heavy atom. The Balaban J connectivity index is 1.52. The number of hydrogen-bond acceptors (Lipinski definition) is 7. The molecule has 0 saturated heterocycles. The molecule has 2 heterocycles. The number of methoxy groups -OCH3 is 1. The Kier molecular flexibility index (Phi) is 4.70. The fourth-order valence-corrected chi connectivity index (χ4v) is 4.64. The molecule has 5 rings (SSSR count). The van der Waals surface area contributed by atoms with Crippen LogP contribution in [0.1, 0.15) is 12.8 Å². The van der Waals surface area contributed by atoms with Crippen LogP contribution in [0.25, 0.3) is 11.0 Å². The van der Waals surface area contributed by atoms with Gasteiger partial charge in [-0.15, -0.1) is 0 Å². The number of rotatable bonds is 7. The smallest absolute Gasteiger partial charge is 0.236 e. The van der Waals surface area contributed by atoms with Crippen LogP contribution in [0.2, 0.25) is 0 Å². The molecule has 31 heavy (non-hydrogen) atoms. The van der Waals surface area contributed by atoms with E-state index in [4.69, 9.17) is 4.74 Å². The monoisotopic (exact) mass is 436 g/mol. The third-order valence-corrected chi connectivity index (χ3v) is 6.93. The normalized spacial score (nSPS) is 13.8. The molecular weight excluding hydrogens is 416 g/mol. The summed E-state index contributed by atoms with van der Waals surface area (Å²) >= 11 is 0. The standard InChI is InChI=1S/C21H20N6O3S/c1-30-18-8-6-17(7-9-18)27(21-22-12-14-13-23-25-20(14)24-21)16-4-2-15(3-5-16)26-31(28,29)19-10-11-19/h2-9,12-13,19,26H,10-11H2,1H3,(H,22,23,24,25). The van der Waals surface area contributed by atoms with Gasteiger partial charge >= 0.3 is 0 Å². The molecule has 4 aromatic rings. The predicted molar refractivity (Wildman–Crippen MR) is 118 cm³/mol. The third kappa shape index (κ3) is 3.89. The van der Waals surface area contributed by atoms with E-state index in [0.29, 0.717) is 30.1 Å². The van der Waals surface area contributed by atoms with Crippen LogP contribution in [0.15, 0.2) is 60.9 Å². The van der Waals surface area contributed by atoms with Gasteiger partial charge in [0.2, 0.25) is 16.0 Å². The number of ether oxygens (including phenoxy) is 1. The molecule has 0 atom stereocenters. The lowest BCUT2D eigenvalue weighted by Crippen LogP contribution is -2.17. The van der Waals surface area contributed by atoms with Gasteiger partial charge in [-0.2, -0.15) is 10.1 Å². The van der Waals surface area contributed by atoms with E-state index < -0.39 is 10.0 Å². The zero-order valence-electron chi connectivity index (χ0n) is 16.7. The highest BCUT2D eigenvalue weighted by molar-refractivity contribution is 7.93. The number of hydrogen-bond donors (Lipinski definition) is 2. The Bertz CT molecular complexity index is 1320. The van der Waals surface area contributed by atoms with E-state index in [1.165, 1.54) is 0 Å². The number of benzene rings is 2. The molecular formula is C21H20N6O3S. The van der Waals surface area contributed by atoms with Crippen molar-refractivity contribution in [2.75, 3.05) is 16.7 Å². The highest BCUT2D eigenvalue weighted by Crippen LogP contribution is 2.35. The first-order chi connectivity index (χ1) is 15.0. The van der Waals surface area contributed by atoms with Gasteiger partial charge in [-0.25, -0.2) is 13.4 Å². The number of nitrogens with one attached hydrogen (secondary N) is 2. The van der Waals surface area contributed by atoms with E-state index in [1.54, 1.807) is 31.6 Å². The van der Waals surface area contributed by atoms with Gasteiger partial charge in [0, 0.05) is 23.3 Å². The predicted octanol–water partition coefficient (Wildman–Crippen LogP) is 3.74. The van der Waals surface area contributed by atoms with Crippen molar-refractivity contribution < 1.29 is 13.2 Å². The lowest BCUT2D eigenvalue weighted by molar-refractivity contribution is 0.415. The molecule has 2 N–H and O–H groups in total. The molecule has 0 spiro atoms. The van der Waals surface area contributed by atoms with Gasteiger partial charge in [0.05, 0.1) is 23.9 Å². The van der Waals surface area contributed by atoms with Crippen molar-refractivity contribution in [2.24, 2.45) is 0 Å². The molecule has 0 unspecified atom stereocenters. The van der Waals surface area contributed by atoms with Crippen LogP contribution >= 0.6 is 0 Å². The van der Waals surface area contributed by atoms with E-state index in [1.807, 2.05) is 41.3 Å². The average molecular weight is 436 g/mol. The average Bonchev–Trinajstić information content (AvgIpc) is 3.55. The van der Waals surface area contributed by atoms with E-state index in [-0.39, 0.29) is 5.25 Å². The van der Waals surface area contributed by atoms with Gasteiger partial charge < -0.3 is 4.74 Å². The number of H-pyrrole nitrogens is 1. The van der Waals surface area contributed by atoms with Crippen molar-refractivity contribution in [1.82, 2.24) is 20.2 Å². The summed E-state index contributed by atoms with van der Waals surface area (Å²) < 4.78 is 32.4. The van der Waals surface area contributed by atoms with Crippen LogP contribution < -0.4 is 14.4 Å². The van der Waals surface area contributed by atoms with Crippen LogP contribution in [0.5, 0.6) is 5.75 Å². The van der Waals surface area contributed by atoms with E-state index >= 15 is 0 Å². The fourth-order valence-electron chi connectivity index (χ4n) is 3.25. The lowest BCUT2D eigenvalue weighted by atomic mass is 10.2. The van der Waals surface area contributed by atoms with Gasteiger partial charge in [-0.05, 0) is 61.4 Å². The first-order valence-corrected chi connectivity index (χ1v) is 11.3. The number of sulfonamides is 1. The first-order valence-electron chi connectivity index (χ1n) is 9.75. The highest BCUT2D eigenvalue weighted by Gasteiger charge is 2.35. The maximum Gasteiger partial charge on any atom is 0.236 e. The molecule has 0 bridgehead atoms. The Morgan fingerprint density at radius 1 is 1.03 bits per heavy atom. The summed E-state index contributed by atoms with van der Waals surface area (Å²) in [5, 5.41) is 7.40. The maximum absolute atomic E-state index is 12.2. The van der Waals surface area contributed by atoms with Crippen LogP contribution in [-0.2, 0) is 10.0 Å². The summed E-state index contributed by atoms with van der Waals surface area (Å²) in [6.45, 7) is 0. The zero-order chi connectivity index (χ0) is 21.4.